The first-order valence-electron chi connectivity index (χ1n) is 11.2. The van der Waals surface area contributed by atoms with E-state index in [4.69, 9.17) is 23.2 Å². The molecule has 11 heteroatoms. The summed E-state index contributed by atoms with van der Waals surface area (Å²) in [4.78, 5) is 40.9. The molecule has 5 rings (SSSR count). The number of fused-ring (bicyclic) bond motifs is 1. The number of hydrogen-bond donors (Lipinski definition) is 1. The maximum Gasteiger partial charge on any atom is 0.318 e. The Morgan fingerprint density at radius 3 is 2.43 bits per heavy atom. The Bertz CT molecular complexity index is 1490. The van der Waals surface area contributed by atoms with Crippen LogP contribution in [0.2, 0.25) is 10.0 Å². The van der Waals surface area contributed by atoms with Crippen LogP contribution in [0.25, 0.3) is 11.2 Å². The van der Waals surface area contributed by atoms with E-state index in [-0.39, 0.29) is 6.04 Å². The molecule has 1 fully saturated rings. The molecule has 4 aromatic rings. The smallest absolute Gasteiger partial charge is 0.318 e. The molecule has 4 heterocycles. The second-order valence-electron chi connectivity index (χ2n) is 8.51. The third kappa shape index (κ3) is 4.74. The molecule has 1 aliphatic heterocycles. The standard InChI is InChI=1S/C24H23Cl2N7O2/c1-31-20-10-17(26)14-28-21(20)33(23(35)22(31)34)19-5-7-32(8-6-19)24-29-12-15(13-30-24)11-27-18-4-2-3-16(25)9-18/h2-4,9-10,12-14,19,27H,5-8,11H2,1H3. The number of anilines is 2. The van der Waals surface area contributed by atoms with E-state index >= 15 is 0 Å². The molecule has 0 spiro atoms. The zero-order chi connectivity index (χ0) is 24.5. The summed E-state index contributed by atoms with van der Waals surface area (Å²) in [6.07, 6.45) is 6.43. The first-order chi connectivity index (χ1) is 16.9. The van der Waals surface area contributed by atoms with Crippen LogP contribution in [0.1, 0.15) is 24.4 Å². The van der Waals surface area contributed by atoms with Gasteiger partial charge in [-0.05, 0) is 37.1 Å². The average Bonchev–Trinajstić information content (AvgIpc) is 2.87. The highest BCUT2D eigenvalue weighted by atomic mass is 35.5. The first-order valence-corrected chi connectivity index (χ1v) is 12.0. The molecular weight excluding hydrogens is 489 g/mol. The van der Waals surface area contributed by atoms with E-state index in [0.717, 1.165) is 11.3 Å². The van der Waals surface area contributed by atoms with Crippen molar-refractivity contribution in [2.75, 3.05) is 23.3 Å². The van der Waals surface area contributed by atoms with Gasteiger partial charge in [-0.3, -0.25) is 14.2 Å². The van der Waals surface area contributed by atoms with Crippen LogP contribution in [-0.4, -0.2) is 37.2 Å². The van der Waals surface area contributed by atoms with Crippen molar-refractivity contribution in [1.29, 1.82) is 0 Å². The van der Waals surface area contributed by atoms with Crippen molar-refractivity contribution >= 4 is 46.0 Å². The molecule has 0 unspecified atom stereocenters. The normalized spacial score (nSPS) is 14.4. The molecule has 1 aliphatic rings. The van der Waals surface area contributed by atoms with Crippen LogP contribution in [0.3, 0.4) is 0 Å². The summed E-state index contributed by atoms with van der Waals surface area (Å²) in [7, 11) is 1.56. The topological polar surface area (TPSA) is 97.9 Å². The number of nitrogens with one attached hydrogen (secondary N) is 1. The second kappa shape index (κ2) is 9.67. The first kappa shape index (κ1) is 23.3. The lowest BCUT2D eigenvalue weighted by Crippen LogP contribution is -2.45. The van der Waals surface area contributed by atoms with Gasteiger partial charge in [-0.25, -0.2) is 15.0 Å². The highest BCUT2D eigenvalue weighted by Gasteiger charge is 2.26. The Morgan fingerprint density at radius 1 is 0.971 bits per heavy atom. The summed E-state index contributed by atoms with van der Waals surface area (Å²) in [5, 5.41) is 4.39. The summed E-state index contributed by atoms with van der Waals surface area (Å²) in [6, 6.07) is 9.05. The Hall–Kier alpha value is -3.43. The molecule has 0 atom stereocenters. The molecule has 1 saturated heterocycles. The number of aryl methyl sites for hydroxylation is 1. The van der Waals surface area contributed by atoms with Crippen LogP contribution < -0.4 is 21.3 Å². The fourth-order valence-electron chi connectivity index (χ4n) is 4.37. The van der Waals surface area contributed by atoms with Crippen LogP contribution in [0.4, 0.5) is 11.6 Å². The lowest BCUT2D eigenvalue weighted by atomic mass is 10.0. The molecule has 35 heavy (non-hydrogen) atoms. The molecule has 0 saturated carbocycles. The number of pyridine rings is 1. The largest absolute Gasteiger partial charge is 0.381 e. The van der Waals surface area contributed by atoms with Crippen molar-refractivity contribution in [3.8, 4) is 0 Å². The molecule has 1 N–H and O–H groups in total. The number of halogens is 2. The van der Waals surface area contributed by atoms with Gasteiger partial charge in [0.25, 0.3) is 0 Å². The van der Waals surface area contributed by atoms with Crippen molar-refractivity contribution in [3.63, 3.8) is 0 Å². The molecule has 0 amide bonds. The lowest BCUT2D eigenvalue weighted by molar-refractivity contribution is 0.389. The van der Waals surface area contributed by atoms with Crippen LogP contribution in [0.5, 0.6) is 0 Å². The van der Waals surface area contributed by atoms with Gasteiger partial charge in [0.1, 0.15) is 0 Å². The zero-order valence-corrected chi connectivity index (χ0v) is 20.5. The molecular formula is C24H23Cl2N7O2. The molecule has 180 valence electrons. The number of rotatable bonds is 5. The number of hydrogen-bond acceptors (Lipinski definition) is 7. The third-order valence-corrected chi connectivity index (χ3v) is 6.68. The van der Waals surface area contributed by atoms with Crippen LogP contribution in [0.15, 0.2) is 58.5 Å². The van der Waals surface area contributed by atoms with E-state index in [1.165, 1.54) is 15.3 Å². The summed E-state index contributed by atoms with van der Waals surface area (Å²) in [5.74, 6) is 0.640. The minimum absolute atomic E-state index is 0.148. The monoisotopic (exact) mass is 511 g/mol. The number of piperidine rings is 1. The average molecular weight is 512 g/mol. The highest BCUT2D eigenvalue weighted by Crippen LogP contribution is 2.26. The van der Waals surface area contributed by atoms with Crippen molar-refractivity contribution in [1.82, 2.24) is 24.1 Å². The molecule has 9 nitrogen and oxygen atoms in total. The lowest BCUT2D eigenvalue weighted by Gasteiger charge is -2.33. The van der Waals surface area contributed by atoms with Crippen molar-refractivity contribution < 1.29 is 0 Å². The van der Waals surface area contributed by atoms with Gasteiger partial charge in [-0.15, -0.1) is 0 Å². The van der Waals surface area contributed by atoms with E-state index in [1.807, 2.05) is 24.3 Å². The Morgan fingerprint density at radius 2 is 1.71 bits per heavy atom. The molecule has 1 aromatic carbocycles. The van der Waals surface area contributed by atoms with Gasteiger partial charge < -0.3 is 14.8 Å². The maximum absolute atomic E-state index is 12.9. The third-order valence-electron chi connectivity index (χ3n) is 6.24. The van der Waals surface area contributed by atoms with Gasteiger partial charge in [0, 0.05) is 67.6 Å². The number of benzene rings is 1. The van der Waals surface area contributed by atoms with Crippen LogP contribution >= 0.6 is 23.2 Å². The Balaban J connectivity index is 1.28. The SMILES string of the molecule is Cn1c(=O)c(=O)n(C2CCN(c3ncc(CNc4cccc(Cl)c4)cn3)CC2)c2ncc(Cl)cc21. The zero-order valence-electron chi connectivity index (χ0n) is 19.0. The van der Waals surface area contributed by atoms with E-state index in [2.05, 4.69) is 25.2 Å². The van der Waals surface area contributed by atoms with Crippen molar-refractivity contribution in [3.05, 3.63) is 85.2 Å². The van der Waals surface area contributed by atoms with Gasteiger partial charge in [0.2, 0.25) is 5.95 Å². The van der Waals surface area contributed by atoms with Crippen LogP contribution in [0, 0.1) is 0 Å². The predicted octanol–water partition coefficient (Wildman–Crippen LogP) is 3.65. The number of aromatic nitrogens is 5. The van der Waals surface area contributed by atoms with Crippen molar-refractivity contribution in [2.24, 2.45) is 7.05 Å². The van der Waals surface area contributed by atoms with Gasteiger partial charge in [0.15, 0.2) is 5.65 Å². The van der Waals surface area contributed by atoms with Gasteiger partial charge >= 0.3 is 11.1 Å². The van der Waals surface area contributed by atoms with E-state index in [0.29, 0.717) is 59.6 Å². The van der Waals surface area contributed by atoms with Gasteiger partial charge in [-0.2, -0.15) is 0 Å². The fraction of sp³-hybridized carbons (Fsp3) is 0.292. The summed E-state index contributed by atoms with van der Waals surface area (Å²) >= 11 is 12.1. The summed E-state index contributed by atoms with van der Waals surface area (Å²) in [5.41, 5.74) is 1.73. The second-order valence-corrected chi connectivity index (χ2v) is 9.38. The molecule has 0 radical (unpaired) electrons. The molecule has 0 aliphatic carbocycles. The Kier molecular flexibility index (Phi) is 6.44. The molecule has 3 aromatic heterocycles. The van der Waals surface area contributed by atoms with E-state index < -0.39 is 11.1 Å². The summed E-state index contributed by atoms with van der Waals surface area (Å²) < 4.78 is 2.83. The van der Waals surface area contributed by atoms with Gasteiger partial charge in [-0.1, -0.05) is 29.3 Å². The highest BCUT2D eigenvalue weighted by molar-refractivity contribution is 6.31. The fourth-order valence-corrected chi connectivity index (χ4v) is 4.72. The Labute approximate surface area is 211 Å². The van der Waals surface area contributed by atoms with Crippen LogP contribution in [-0.2, 0) is 13.6 Å². The van der Waals surface area contributed by atoms with E-state index in [1.54, 1.807) is 25.5 Å². The quantitative estimate of drug-likeness (QED) is 0.408. The maximum atomic E-state index is 12.9. The number of nitrogens with zero attached hydrogens (tertiary/aromatic N) is 6. The predicted molar refractivity (Wildman–Crippen MR) is 138 cm³/mol. The minimum Gasteiger partial charge on any atom is -0.381 e. The van der Waals surface area contributed by atoms with E-state index in [9.17, 15) is 9.59 Å². The molecule has 0 bridgehead atoms. The van der Waals surface area contributed by atoms with Crippen molar-refractivity contribution in [2.45, 2.75) is 25.4 Å². The summed E-state index contributed by atoms with van der Waals surface area (Å²) in [6.45, 7) is 1.89. The minimum atomic E-state index is -0.589. The van der Waals surface area contributed by atoms with Gasteiger partial charge in [0.05, 0.1) is 10.5 Å².